The van der Waals surface area contributed by atoms with E-state index in [2.05, 4.69) is 0 Å². The van der Waals surface area contributed by atoms with Crippen molar-refractivity contribution in [2.24, 2.45) is 10.7 Å². The largest absolute Gasteiger partial charge is 0.369 e. The summed E-state index contributed by atoms with van der Waals surface area (Å²) in [6, 6.07) is 39.2. The highest BCUT2D eigenvalue weighted by molar-refractivity contribution is 6.24. The van der Waals surface area contributed by atoms with E-state index in [9.17, 15) is 0 Å². The van der Waals surface area contributed by atoms with E-state index < -0.39 is 0 Å². The molecule has 0 saturated carbocycles. The van der Waals surface area contributed by atoms with E-state index in [-0.39, 0.29) is 5.96 Å². The third kappa shape index (κ3) is 4.62. The van der Waals surface area contributed by atoms with Crippen LogP contribution in [0.25, 0.3) is 0 Å². The fraction of sp³-hybridized carbons (Fsp3) is 0. The van der Waals surface area contributed by atoms with Gasteiger partial charge in [0.05, 0.1) is 11.4 Å². The van der Waals surface area contributed by atoms with Crippen molar-refractivity contribution >= 4 is 34.7 Å². The van der Waals surface area contributed by atoms with Crippen molar-refractivity contribution in [3.05, 3.63) is 121 Å². The number of nitrogens with one attached hydrogen (secondary N) is 1. The van der Waals surface area contributed by atoms with E-state index in [1.54, 1.807) is 4.90 Å². The standard InChI is InChI=1S/C26H23N5/c27-25(28)31(24-19-11-4-12-20-24)26(29-21-13-5-1-6-14-21)30(22-15-7-2-8-16-22)23-17-9-3-10-18-23/h1-20H,(H3,27,28). The number of nitrogens with zero attached hydrogens (tertiary/aromatic N) is 3. The molecule has 0 amide bonds. The number of benzene rings is 4. The minimum atomic E-state index is -0.127. The van der Waals surface area contributed by atoms with Gasteiger partial charge in [0.2, 0.25) is 5.96 Å². The summed E-state index contributed by atoms with van der Waals surface area (Å²) in [5, 5.41) is 8.40. The molecule has 4 aromatic rings. The molecule has 0 aromatic heterocycles. The van der Waals surface area contributed by atoms with Gasteiger partial charge in [-0.1, -0.05) is 72.8 Å². The number of para-hydroxylation sites is 4. The normalized spacial score (nSPS) is 11.0. The van der Waals surface area contributed by atoms with Crippen LogP contribution in [0.15, 0.2) is 126 Å². The van der Waals surface area contributed by atoms with E-state index >= 15 is 0 Å². The first kappa shape index (κ1) is 19.9. The summed E-state index contributed by atoms with van der Waals surface area (Å²) >= 11 is 0. The van der Waals surface area contributed by atoms with Gasteiger partial charge >= 0.3 is 0 Å². The summed E-state index contributed by atoms with van der Waals surface area (Å²) in [5.41, 5.74) is 9.45. The van der Waals surface area contributed by atoms with Crippen LogP contribution in [0.3, 0.4) is 0 Å². The highest BCUT2D eigenvalue weighted by Gasteiger charge is 2.25. The van der Waals surface area contributed by atoms with Crippen LogP contribution in [0.5, 0.6) is 0 Å². The average molecular weight is 406 g/mol. The van der Waals surface area contributed by atoms with E-state index in [0.29, 0.717) is 5.96 Å². The molecule has 4 aromatic carbocycles. The van der Waals surface area contributed by atoms with Crippen molar-refractivity contribution in [2.45, 2.75) is 0 Å². The summed E-state index contributed by atoms with van der Waals surface area (Å²) in [4.78, 5) is 8.60. The molecule has 5 heteroatoms. The molecule has 4 rings (SSSR count). The van der Waals surface area contributed by atoms with Crippen molar-refractivity contribution in [1.82, 2.24) is 0 Å². The van der Waals surface area contributed by atoms with Gasteiger partial charge in [0.15, 0.2) is 5.96 Å². The highest BCUT2D eigenvalue weighted by atomic mass is 15.4. The predicted molar refractivity (Wildman–Crippen MR) is 129 cm³/mol. The predicted octanol–water partition coefficient (Wildman–Crippen LogP) is 5.91. The van der Waals surface area contributed by atoms with E-state index in [1.165, 1.54) is 0 Å². The molecule has 0 saturated heterocycles. The Kier molecular flexibility index (Phi) is 6.05. The van der Waals surface area contributed by atoms with Gasteiger partial charge in [0.25, 0.3) is 0 Å². The molecule has 3 N–H and O–H groups in total. The van der Waals surface area contributed by atoms with Crippen molar-refractivity contribution in [3.8, 4) is 0 Å². The maximum atomic E-state index is 8.40. The number of hydrogen-bond donors (Lipinski definition) is 2. The third-order valence-electron chi connectivity index (χ3n) is 4.67. The monoisotopic (exact) mass is 405 g/mol. The summed E-state index contributed by atoms with van der Waals surface area (Å²) in [7, 11) is 0. The van der Waals surface area contributed by atoms with Crippen LogP contribution in [-0.2, 0) is 0 Å². The molecule has 0 spiro atoms. The molecule has 152 valence electrons. The molecule has 0 bridgehead atoms. The van der Waals surface area contributed by atoms with Crippen molar-refractivity contribution in [2.75, 3.05) is 9.80 Å². The van der Waals surface area contributed by atoms with Crippen LogP contribution >= 0.6 is 0 Å². The van der Waals surface area contributed by atoms with Crippen molar-refractivity contribution < 1.29 is 0 Å². The molecule has 0 atom stereocenters. The topological polar surface area (TPSA) is 68.7 Å². The Balaban J connectivity index is 1.98. The molecule has 0 radical (unpaired) electrons. The first-order valence-electron chi connectivity index (χ1n) is 9.97. The van der Waals surface area contributed by atoms with Crippen LogP contribution in [0, 0.1) is 5.41 Å². The van der Waals surface area contributed by atoms with E-state index in [1.807, 2.05) is 126 Å². The fourth-order valence-corrected chi connectivity index (χ4v) is 3.29. The molecule has 0 aliphatic heterocycles. The molecule has 0 fully saturated rings. The summed E-state index contributed by atoms with van der Waals surface area (Å²) < 4.78 is 0. The van der Waals surface area contributed by atoms with Gasteiger partial charge in [-0.3, -0.25) is 15.2 Å². The first-order chi connectivity index (χ1) is 15.2. The third-order valence-corrected chi connectivity index (χ3v) is 4.67. The Morgan fingerprint density at radius 2 is 0.968 bits per heavy atom. The van der Waals surface area contributed by atoms with Crippen LogP contribution in [0.4, 0.5) is 22.7 Å². The van der Waals surface area contributed by atoms with E-state index in [4.69, 9.17) is 16.1 Å². The van der Waals surface area contributed by atoms with Crippen LogP contribution in [0.1, 0.15) is 0 Å². The minimum absolute atomic E-state index is 0.127. The van der Waals surface area contributed by atoms with E-state index in [0.717, 1.165) is 22.7 Å². The number of aliphatic imine (C=N–C) groups is 1. The summed E-state index contributed by atoms with van der Waals surface area (Å²) in [6.07, 6.45) is 0. The lowest BCUT2D eigenvalue weighted by atomic mass is 10.2. The summed E-state index contributed by atoms with van der Waals surface area (Å²) in [6.45, 7) is 0. The number of hydrogen-bond acceptors (Lipinski definition) is 2. The van der Waals surface area contributed by atoms with Gasteiger partial charge in [-0.05, 0) is 48.5 Å². The smallest absolute Gasteiger partial charge is 0.222 e. The zero-order chi connectivity index (χ0) is 21.5. The second kappa shape index (κ2) is 9.41. The number of nitrogens with two attached hydrogens (primary N) is 1. The fourth-order valence-electron chi connectivity index (χ4n) is 3.29. The molecule has 0 aliphatic carbocycles. The van der Waals surface area contributed by atoms with Gasteiger partial charge in [-0.15, -0.1) is 0 Å². The lowest BCUT2D eigenvalue weighted by Crippen LogP contribution is -2.48. The Morgan fingerprint density at radius 3 is 1.39 bits per heavy atom. The van der Waals surface area contributed by atoms with Crippen LogP contribution in [-0.4, -0.2) is 11.9 Å². The second-order valence-corrected chi connectivity index (χ2v) is 6.81. The summed E-state index contributed by atoms with van der Waals surface area (Å²) in [5.74, 6) is 0.375. The Morgan fingerprint density at radius 1 is 0.581 bits per heavy atom. The molecular formula is C26H23N5. The molecule has 5 nitrogen and oxygen atoms in total. The average Bonchev–Trinajstić information content (AvgIpc) is 2.82. The molecule has 0 aliphatic rings. The van der Waals surface area contributed by atoms with Crippen molar-refractivity contribution in [3.63, 3.8) is 0 Å². The maximum Gasteiger partial charge on any atom is 0.222 e. The highest BCUT2D eigenvalue weighted by Crippen LogP contribution is 2.30. The Hall–Kier alpha value is -4.38. The maximum absolute atomic E-state index is 8.40. The van der Waals surface area contributed by atoms with Gasteiger partial charge in [0, 0.05) is 11.4 Å². The lowest BCUT2D eigenvalue weighted by molar-refractivity contribution is 1.21. The number of guanidine groups is 2. The second-order valence-electron chi connectivity index (χ2n) is 6.81. The van der Waals surface area contributed by atoms with Crippen LogP contribution < -0.4 is 15.5 Å². The molecular weight excluding hydrogens is 382 g/mol. The SMILES string of the molecule is N=C(N)N(C(=Nc1ccccc1)N(c1ccccc1)c1ccccc1)c1ccccc1. The zero-order valence-corrected chi connectivity index (χ0v) is 17.0. The van der Waals surface area contributed by atoms with Gasteiger partial charge in [-0.2, -0.15) is 0 Å². The van der Waals surface area contributed by atoms with Gasteiger partial charge in [0.1, 0.15) is 0 Å². The number of anilines is 3. The van der Waals surface area contributed by atoms with Gasteiger partial charge < -0.3 is 5.73 Å². The molecule has 0 heterocycles. The van der Waals surface area contributed by atoms with Crippen molar-refractivity contribution in [1.29, 1.82) is 5.41 Å². The van der Waals surface area contributed by atoms with Crippen LogP contribution in [0.2, 0.25) is 0 Å². The molecule has 31 heavy (non-hydrogen) atoms. The zero-order valence-electron chi connectivity index (χ0n) is 17.0. The Bertz CT molecular complexity index is 1100. The number of rotatable bonds is 4. The Labute approximate surface area is 182 Å². The molecule has 0 unspecified atom stereocenters. The quantitative estimate of drug-likeness (QED) is 0.327. The minimum Gasteiger partial charge on any atom is -0.369 e. The van der Waals surface area contributed by atoms with Gasteiger partial charge in [-0.25, -0.2) is 4.99 Å². The lowest BCUT2D eigenvalue weighted by Gasteiger charge is -2.33. The first-order valence-corrected chi connectivity index (χ1v) is 9.97.